The Hall–Kier alpha value is -1.58. The highest BCUT2D eigenvalue weighted by atomic mass is 15.3. The predicted molar refractivity (Wildman–Crippen MR) is 93.8 cm³/mol. The van der Waals surface area contributed by atoms with Gasteiger partial charge in [-0.15, -0.1) is 0 Å². The van der Waals surface area contributed by atoms with Crippen LogP contribution in [-0.2, 0) is 0 Å². The fraction of sp³-hybridized carbons (Fsp3) is 0.684. The maximum Gasteiger partial charge on any atom is 0.157 e. The van der Waals surface area contributed by atoms with Gasteiger partial charge in [-0.25, -0.2) is 9.50 Å². The Labute approximate surface area is 138 Å². The maximum atomic E-state index is 4.90. The third-order valence-corrected chi connectivity index (χ3v) is 5.73. The van der Waals surface area contributed by atoms with Crippen LogP contribution < -0.4 is 4.90 Å². The predicted octanol–water partition coefficient (Wildman–Crippen LogP) is 4.45. The lowest BCUT2D eigenvalue weighted by Gasteiger charge is -2.38. The zero-order valence-corrected chi connectivity index (χ0v) is 14.0. The third kappa shape index (κ3) is 3.36. The van der Waals surface area contributed by atoms with Crippen molar-refractivity contribution in [2.24, 2.45) is 5.92 Å². The molecule has 0 aliphatic heterocycles. The van der Waals surface area contributed by atoms with Crippen LogP contribution in [0.25, 0.3) is 5.65 Å². The van der Waals surface area contributed by atoms with Crippen LogP contribution in [0.3, 0.4) is 0 Å². The summed E-state index contributed by atoms with van der Waals surface area (Å²) in [6, 6.07) is 4.85. The van der Waals surface area contributed by atoms with E-state index in [1.807, 2.05) is 16.8 Å². The molecular formula is C19H28N4. The monoisotopic (exact) mass is 312 g/mol. The van der Waals surface area contributed by atoms with Gasteiger partial charge in [-0.2, -0.15) is 5.10 Å². The van der Waals surface area contributed by atoms with E-state index < -0.39 is 0 Å². The Kier molecular flexibility index (Phi) is 4.49. The minimum Gasteiger partial charge on any atom is -0.353 e. The molecule has 2 aromatic heterocycles. The van der Waals surface area contributed by atoms with Crippen LogP contribution >= 0.6 is 0 Å². The molecule has 2 fully saturated rings. The van der Waals surface area contributed by atoms with E-state index in [0.29, 0.717) is 6.04 Å². The van der Waals surface area contributed by atoms with Crippen molar-refractivity contribution in [1.29, 1.82) is 0 Å². The molecule has 0 saturated heterocycles. The van der Waals surface area contributed by atoms with E-state index in [1.165, 1.54) is 70.8 Å². The van der Waals surface area contributed by atoms with Crippen LogP contribution in [0.5, 0.6) is 0 Å². The molecule has 2 heterocycles. The second kappa shape index (κ2) is 6.90. The van der Waals surface area contributed by atoms with E-state index in [2.05, 4.69) is 22.3 Å². The topological polar surface area (TPSA) is 33.4 Å². The van der Waals surface area contributed by atoms with Crippen molar-refractivity contribution in [3.05, 3.63) is 24.5 Å². The summed E-state index contributed by atoms with van der Waals surface area (Å²) in [6.45, 7) is 1.20. The number of fused-ring (bicyclic) bond motifs is 1. The summed E-state index contributed by atoms with van der Waals surface area (Å²) < 4.78 is 1.86. The molecule has 0 atom stereocenters. The zero-order chi connectivity index (χ0) is 15.5. The Morgan fingerprint density at radius 1 is 0.957 bits per heavy atom. The average molecular weight is 312 g/mol. The van der Waals surface area contributed by atoms with Gasteiger partial charge in [0, 0.05) is 24.8 Å². The molecule has 2 aliphatic rings. The molecule has 0 aromatic carbocycles. The molecule has 0 spiro atoms. The molecule has 0 N–H and O–H groups in total. The van der Waals surface area contributed by atoms with Gasteiger partial charge in [-0.05, 0) is 37.7 Å². The first-order valence-corrected chi connectivity index (χ1v) is 9.47. The van der Waals surface area contributed by atoms with E-state index >= 15 is 0 Å². The van der Waals surface area contributed by atoms with Crippen molar-refractivity contribution in [3.63, 3.8) is 0 Å². The van der Waals surface area contributed by atoms with E-state index in [9.17, 15) is 0 Å². The lowest BCUT2D eigenvalue weighted by Crippen LogP contribution is -2.41. The van der Waals surface area contributed by atoms with Crippen molar-refractivity contribution in [2.45, 2.75) is 70.3 Å². The molecule has 2 saturated carbocycles. The summed E-state index contributed by atoms with van der Waals surface area (Å²) in [4.78, 5) is 7.54. The largest absolute Gasteiger partial charge is 0.353 e. The standard InChI is InChI=1S/C19H28N4/c1-3-7-16(8-4-1)15-22(17-9-5-2-6-10-17)18-12-14-23-19(21-18)11-13-20-23/h11-14,16-17H,1-10,15H2. The fourth-order valence-corrected chi connectivity index (χ4v) is 4.43. The van der Waals surface area contributed by atoms with Gasteiger partial charge in [-0.3, -0.25) is 0 Å². The maximum absolute atomic E-state index is 4.90. The van der Waals surface area contributed by atoms with E-state index in [-0.39, 0.29) is 0 Å². The normalized spacial score (nSPS) is 20.9. The molecule has 124 valence electrons. The van der Waals surface area contributed by atoms with Crippen molar-refractivity contribution in [3.8, 4) is 0 Å². The van der Waals surface area contributed by atoms with Crippen LogP contribution in [0, 0.1) is 5.92 Å². The molecule has 0 amide bonds. The molecule has 0 radical (unpaired) electrons. The highest BCUT2D eigenvalue weighted by molar-refractivity contribution is 5.48. The van der Waals surface area contributed by atoms with Crippen molar-refractivity contribution in [2.75, 3.05) is 11.4 Å². The van der Waals surface area contributed by atoms with E-state index in [4.69, 9.17) is 4.98 Å². The van der Waals surface area contributed by atoms with E-state index in [0.717, 1.165) is 17.4 Å². The summed E-state index contributed by atoms with van der Waals surface area (Å²) in [5.41, 5.74) is 0.965. The van der Waals surface area contributed by atoms with Crippen LogP contribution in [-0.4, -0.2) is 27.2 Å². The quantitative estimate of drug-likeness (QED) is 0.836. The number of nitrogens with zero attached hydrogens (tertiary/aromatic N) is 4. The van der Waals surface area contributed by atoms with Gasteiger partial charge in [0.15, 0.2) is 5.65 Å². The van der Waals surface area contributed by atoms with Gasteiger partial charge in [0.1, 0.15) is 5.82 Å². The van der Waals surface area contributed by atoms with Crippen molar-refractivity contribution in [1.82, 2.24) is 14.6 Å². The van der Waals surface area contributed by atoms with Gasteiger partial charge in [-0.1, -0.05) is 38.5 Å². The van der Waals surface area contributed by atoms with Crippen LogP contribution in [0.2, 0.25) is 0 Å². The van der Waals surface area contributed by atoms with Crippen LogP contribution in [0.1, 0.15) is 64.2 Å². The molecule has 2 aliphatic carbocycles. The molecule has 0 unspecified atom stereocenters. The first-order valence-electron chi connectivity index (χ1n) is 9.47. The van der Waals surface area contributed by atoms with Gasteiger partial charge in [0.05, 0.1) is 6.20 Å². The highest BCUT2D eigenvalue weighted by Crippen LogP contribution is 2.31. The SMILES string of the molecule is c1cc2nc(N(CC3CCCCC3)C3CCCCC3)ccn2n1. The van der Waals surface area contributed by atoms with Crippen molar-refractivity contribution < 1.29 is 0 Å². The highest BCUT2D eigenvalue weighted by Gasteiger charge is 2.26. The van der Waals surface area contributed by atoms with Crippen molar-refractivity contribution >= 4 is 11.5 Å². The summed E-state index contributed by atoms with van der Waals surface area (Å²) >= 11 is 0. The third-order valence-electron chi connectivity index (χ3n) is 5.73. The first kappa shape index (κ1) is 15.0. The number of hydrogen-bond acceptors (Lipinski definition) is 3. The molecule has 4 nitrogen and oxygen atoms in total. The molecular weight excluding hydrogens is 284 g/mol. The second-order valence-corrected chi connectivity index (χ2v) is 7.37. The zero-order valence-electron chi connectivity index (χ0n) is 14.0. The van der Waals surface area contributed by atoms with Gasteiger partial charge in [0.2, 0.25) is 0 Å². The average Bonchev–Trinajstić information content (AvgIpc) is 3.09. The lowest BCUT2D eigenvalue weighted by molar-refractivity contribution is 0.329. The molecule has 4 rings (SSSR count). The van der Waals surface area contributed by atoms with E-state index in [1.54, 1.807) is 0 Å². The van der Waals surface area contributed by atoms with Gasteiger partial charge in [0.25, 0.3) is 0 Å². The number of anilines is 1. The summed E-state index contributed by atoms with van der Waals surface area (Å²) in [5, 5.41) is 4.28. The molecule has 0 bridgehead atoms. The summed E-state index contributed by atoms with van der Waals surface area (Å²) in [5.74, 6) is 2.02. The number of hydrogen-bond donors (Lipinski definition) is 0. The Morgan fingerprint density at radius 3 is 2.48 bits per heavy atom. The van der Waals surface area contributed by atoms with Crippen LogP contribution in [0.15, 0.2) is 24.5 Å². The van der Waals surface area contributed by atoms with Gasteiger partial charge >= 0.3 is 0 Å². The summed E-state index contributed by atoms with van der Waals surface area (Å²) in [6.07, 6.45) is 17.8. The number of aromatic nitrogens is 3. The number of rotatable bonds is 4. The molecule has 4 heteroatoms. The smallest absolute Gasteiger partial charge is 0.157 e. The summed E-state index contributed by atoms with van der Waals surface area (Å²) in [7, 11) is 0. The van der Waals surface area contributed by atoms with Gasteiger partial charge < -0.3 is 4.90 Å². The Morgan fingerprint density at radius 2 is 1.70 bits per heavy atom. The Bertz CT molecular complexity index is 623. The minimum absolute atomic E-state index is 0.684. The first-order chi connectivity index (χ1) is 11.4. The van der Waals surface area contributed by atoms with Crippen LogP contribution in [0.4, 0.5) is 5.82 Å². The molecule has 23 heavy (non-hydrogen) atoms. The fourth-order valence-electron chi connectivity index (χ4n) is 4.43. The molecule has 2 aromatic rings. The minimum atomic E-state index is 0.684. The Balaban J connectivity index is 1.59. The lowest BCUT2D eigenvalue weighted by atomic mass is 9.87. The second-order valence-electron chi connectivity index (χ2n) is 7.37.